The Kier molecular flexibility index (Phi) is 4.33. The standard InChI is InChI=1S/C23H19F3N6O/c24-23(25,26)19-13-18(15-6-7-15)30(21-9-11-28-32(19)21)22(33)16-12-20-27-10-8-17(31(20)29-16)14-4-2-1-3-5-14/h1-5,8-12,15,18-19H,6-7,13H2. The number of aromatic nitrogens is 5. The lowest BCUT2D eigenvalue weighted by Crippen LogP contribution is -2.50. The molecular formula is C23H19F3N6O. The molecule has 3 aromatic heterocycles. The number of halogens is 3. The van der Waals surface area contributed by atoms with Crippen LogP contribution in [-0.2, 0) is 0 Å². The van der Waals surface area contributed by atoms with Gasteiger partial charge in [-0.3, -0.25) is 9.69 Å². The SMILES string of the molecule is O=C(c1cc2nccc(-c3ccccc3)n2n1)N1c2ccnn2C(C(F)(F)F)CC1C1CC1. The maximum Gasteiger partial charge on any atom is 0.410 e. The summed E-state index contributed by atoms with van der Waals surface area (Å²) in [6.07, 6.45) is -0.0982. The highest BCUT2D eigenvalue weighted by Crippen LogP contribution is 2.48. The minimum atomic E-state index is -4.44. The van der Waals surface area contributed by atoms with Crippen LogP contribution in [0.15, 0.2) is 60.9 Å². The van der Waals surface area contributed by atoms with E-state index in [9.17, 15) is 18.0 Å². The van der Waals surface area contributed by atoms with E-state index in [-0.39, 0.29) is 23.9 Å². The Morgan fingerprint density at radius 1 is 1.03 bits per heavy atom. The molecule has 0 radical (unpaired) electrons. The Hall–Kier alpha value is -3.69. The van der Waals surface area contributed by atoms with Crippen molar-refractivity contribution in [2.75, 3.05) is 4.90 Å². The third kappa shape index (κ3) is 3.28. The van der Waals surface area contributed by atoms with Gasteiger partial charge in [-0.2, -0.15) is 23.4 Å². The van der Waals surface area contributed by atoms with E-state index >= 15 is 0 Å². The Balaban J connectivity index is 1.44. The molecule has 0 spiro atoms. The first-order chi connectivity index (χ1) is 15.9. The molecule has 33 heavy (non-hydrogen) atoms. The van der Waals surface area contributed by atoms with Crippen LogP contribution in [0.3, 0.4) is 0 Å². The van der Waals surface area contributed by atoms with Crippen molar-refractivity contribution in [1.82, 2.24) is 24.4 Å². The Labute approximate surface area is 186 Å². The highest BCUT2D eigenvalue weighted by molar-refractivity contribution is 6.05. The molecule has 4 heterocycles. The van der Waals surface area contributed by atoms with Crippen LogP contribution in [0, 0.1) is 5.92 Å². The normalized spacial score (nSPS) is 20.8. The molecule has 1 amide bonds. The first-order valence-electron chi connectivity index (χ1n) is 10.8. The van der Waals surface area contributed by atoms with Crippen molar-refractivity contribution >= 4 is 17.4 Å². The number of rotatable bonds is 3. The number of anilines is 1. The number of nitrogens with zero attached hydrogens (tertiary/aromatic N) is 6. The van der Waals surface area contributed by atoms with E-state index in [2.05, 4.69) is 15.2 Å². The molecule has 7 nitrogen and oxygen atoms in total. The highest BCUT2D eigenvalue weighted by Gasteiger charge is 2.52. The minimum absolute atomic E-state index is 0.0393. The number of alkyl halides is 3. The molecule has 2 atom stereocenters. The molecule has 0 saturated heterocycles. The smallest absolute Gasteiger partial charge is 0.288 e. The van der Waals surface area contributed by atoms with E-state index in [1.807, 2.05) is 30.3 Å². The van der Waals surface area contributed by atoms with E-state index in [0.717, 1.165) is 28.8 Å². The largest absolute Gasteiger partial charge is 0.410 e. The van der Waals surface area contributed by atoms with Crippen molar-refractivity contribution in [3.05, 3.63) is 66.6 Å². The fourth-order valence-corrected chi connectivity index (χ4v) is 4.70. The van der Waals surface area contributed by atoms with Crippen LogP contribution >= 0.6 is 0 Å². The average Bonchev–Trinajstić information content (AvgIpc) is 3.37. The van der Waals surface area contributed by atoms with E-state index in [1.165, 1.54) is 17.2 Å². The number of carbonyl (C=O) groups is 1. The van der Waals surface area contributed by atoms with Gasteiger partial charge in [0.15, 0.2) is 17.4 Å². The van der Waals surface area contributed by atoms with Gasteiger partial charge in [-0.25, -0.2) is 14.2 Å². The summed E-state index contributed by atoms with van der Waals surface area (Å²) in [6.45, 7) is 0. The second kappa shape index (κ2) is 7.16. The lowest BCUT2D eigenvalue weighted by Gasteiger charge is -2.40. The van der Waals surface area contributed by atoms with E-state index < -0.39 is 24.2 Å². The summed E-state index contributed by atoms with van der Waals surface area (Å²) in [4.78, 5) is 19.5. The van der Waals surface area contributed by atoms with Crippen molar-refractivity contribution in [3.8, 4) is 11.3 Å². The van der Waals surface area contributed by atoms with Crippen LogP contribution < -0.4 is 4.90 Å². The van der Waals surface area contributed by atoms with Crippen LogP contribution in [0.5, 0.6) is 0 Å². The third-order valence-corrected chi connectivity index (χ3v) is 6.40. The fourth-order valence-electron chi connectivity index (χ4n) is 4.70. The van der Waals surface area contributed by atoms with Gasteiger partial charge >= 0.3 is 6.18 Å². The minimum Gasteiger partial charge on any atom is -0.288 e. The lowest BCUT2D eigenvalue weighted by atomic mass is 9.97. The predicted octanol–water partition coefficient (Wildman–Crippen LogP) is 4.53. The molecule has 0 N–H and O–H groups in total. The molecule has 1 fully saturated rings. The van der Waals surface area contributed by atoms with Crippen LogP contribution in [0.2, 0.25) is 0 Å². The van der Waals surface area contributed by atoms with Crippen molar-refractivity contribution in [2.24, 2.45) is 5.92 Å². The maximum absolute atomic E-state index is 13.8. The molecule has 2 aliphatic rings. The Bertz CT molecular complexity index is 1340. The molecule has 1 aliphatic carbocycles. The topological polar surface area (TPSA) is 68.3 Å². The molecule has 168 valence electrons. The first-order valence-corrected chi connectivity index (χ1v) is 10.8. The van der Waals surface area contributed by atoms with Gasteiger partial charge in [-0.1, -0.05) is 30.3 Å². The summed E-state index contributed by atoms with van der Waals surface area (Å²) in [5, 5.41) is 8.42. The van der Waals surface area contributed by atoms with Gasteiger partial charge in [0.1, 0.15) is 5.82 Å². The molecule has 1 saturated carbocycles. The van der Waals surface area contributed by atoms with Gasteiger partial charge in [0.25, 0.3) is 5.91 Å². The molecule has 4 aromatic rings. The van der Waals surface area contributed by atoms with Crippen LogP contribution in [-0.4, -0.2) is 42.5 Å². The summed E-state index contributed by atoms with van der Waals surface area (Å²) in [5.74, 6) is -0.255. The second-order valence-electron chi connectivity index (χ2n) is 8.50. The first kappa shape index (κ1) is 20.0. The van der Waals surface area contributed by atoms with Gasteiger partial charge in [-0.15, -0.1) is 0 Å². The van der Waals surface area contributed by atoms with Gasteiger partial charge < -0.3 is 0 Å². The fraction of sp³-hybridized carbons (Fsp3) is 0.304. The average molecular weight is 452 g/mol. The Morgan fingerprint density at radius 3 is 2.55 bits per heavy atom. The molecule has 6 rings (SSSR count). The molecule has 1 aromatic carbocycles. The van der Waals surface area contributed by atoms with Crippen molar-refractivity contribution < 1.29 is 18.0 Å². The van der Waals surface area contributed by atoms with Crippen LogP contribution in [0.1, 0.15) is 35.8 Å². The van der Waals surface area contributed by atoms with E-state index in [0.29, 0.717) is 5.65 Å². The molecule has 1 aliphatic heterocycles. The quantitative estimate of drug-likeness (QED) is 0.458. The molecule has 10 heteroatoms. The van der Waals surface area contributed by atoms with Crippen LogP contribution in [0.4, 0.5) is 19.0 Å². The number of benzene rings is 1. The van der Waals surface area contributed by atoms with Crippen molar-refractivity contribution in [2.45, 2.75) is 37.5 Å². The predicted molar refractivity (Wildman–Crippen MR) is 114 cm³/mol. The monoisotopic (exact) mass is 452 g/mol. The van der Waals surface area contributed by atoms with Crippen molar-refractivity contribution in [3.63, 3.8) is 0 Å². The van der Waals surface area contributed by atoms with E-state index in [1.54, 1.807) is 22.8 Å². The summed E-state index contributed by atoms with van der Waals surface area (Å²) in [7, 11) is 0. The summed E-state index contributed by atoms with van der Waals surface area (Å²) >= 11 is 0. The van der Waals surface area contributed by atoms with Gasteiger partial charge in [0, 0.05) is 29.9 Å². The Morgan fingerprint density at radius 2 is 1.82 bits per heavy atom. The highest BCUT2D eigenvalue weighted by atomic mass is 19.4. The number of fused-ring (bicyclic) bond motifs is 2. The molecule has 0 bridgehead atoms. The zero-order valence-electron chi connectivity index (χ0n) is 17.4. The third-order valence-electron chi connectivity index (χ3n) is 6.40. The van der Waals surface area contributed by atoms with Crippen molar-refractivity contribution in [1.29, 1.82) is 0 Å². The molecule has 2 unspecified atom stereocenters. The lowest BCUT2D eigenvalue weighted by molar-refractivity contribution is -0.174. The maximum atomic E-state index is 13.8. The molecular weight excluding hydrogens is 433 g/mol. The summed E-state index contributed by atoms with van der Waals surface area (Å²) in [6, 6.07) is 12.1. The van der Waals surface area contributed by atoms with Gasteiger partial charge in [-0.05, 0) is 31.2 Å². The summed E-state index contributed by atoms with van der Waals surface area (Å²) < 4.78 is 43.8. The zero-order chi connectivity index (χ0) is 22.7. The number of hydrogen-bond acceptors (Lipinski definition) is 4. The number of amides is 1. The van der Waals surface area contributed by atoms with Gasteiger partial charge in [0.2, 0.25) is 0 Å². The van der Waals surface area contributed by atoms with E-state index in [4.69, 9.17) is 0 Å². The second-order valence-corrected chi connectivity index (χ2v) is 8.50. The zero-order valence-corrected chi connectivity index (χ0v) is 17.4. The van der Waals surface area contributed by atoms with Gasteiger partial charge in [0.05, 0.1) is 11.9 Å². The number of carbonyl (C=O) groups excluding carboxylic acids is 1. The van der Waals surface area contributed by atoms with Crippen LogP contribution in [0.25, 0.3) is 16.9 Å². The number of hydrogen-bond donors (Lipinski definition) is 0. The summed E-state index contributed by atoms with van der Waals surface area (Å²) in [5.41, 5.74) is 2.29.